The van der Waals surface area contributed by atoms with Crippen molar-refractivity contribution in [1.82, 2.24) is 14.5 Å². The monoisotopic (exact) mass is 425 g/mol. The standard InChI is InChI=1S/C19H21ClFN3O3S/c1-22-28(26,27)18-12-14(6-7-16(18)20)19(25)24-10-8-23(9-11-24)13-15-4-2-3-5-17(15)21/h2-7,12,22H,8-11,13H2,1H3. The summed E-state index contributed by atoms with van der Waals surface area (Å²) in [6, 6.07) is 10.9. The summed E-state index contributed by atoms with van der Waals surface area (Å²) >= 11 is 5.98. The van der Waals surface area contributed by atoms with E-state index in [1.165, 1.54) is 31.3 Å². The largest absolute Gasteiger partial charge is 0.336 e. The molecule has 0 saturated carbocycles. The van der Waals surface area contributed by atoms with Crippen LogP contribution in [0, 0.1) is 5.82 Å². The first-order valence-electron chi connectivity index (χ1n) is 8.80. The lowest BCUT2D eigenvalue weighted by Gasteiger charge is -2.35. The van der Waals surface area contributed by atoms with E-state index in [9.17, 15) is 17.6 Å². The molecule has 2 aromatic carbocycles. The molecule has 0 aromatic heterocycles. The van der Waals surface area contributed by atoms with Crippen molar-refractivity contribution in [2.45, 2.75) is 11.4 Å². The van der Waals surface area contributed by atoms with Crippen LogP contribution in [-0.4, -0.2) is 57.4 Å². The first-order valence-corrected chi connectivity index (χ1v) is 10.7. The van der Waals surface area contributed by atoms with Crippen molar-refractivity contribution in [2.75, 3.05) is 33.2 Å². The van der Waals surface area contributed by atoms with Gasteiger partial charge in [0.1, 0.15) is 10.7 Å². The molecule has 0 radical (unpaired) electrons. The second-order valence-corrected chi connectivity index (χ2v) is 8.77. The molecular weight excluding hydrogens is 405 g/mol. The van der Waals surface area contributed by atoms with Crippen molar-refractivity contribution in [3.63, 3.8) is 0 Å². The molecule has 1 N–H and O–H groups in total. The van der Waals surface area contributed by atoms with E-state index in [4.69, 9.17) is 11.6 Å². The van der Waals surface area contributed by atoms with Gasteiger partial charge in [-0.05, 0) is 31.3 Å². The Morgan fingerprint density at radius 2 is 1.82 bits per heavy atom. The van der Waals surface area contributed by atoms with Crippen LogP contribution in [0.5, 0.6) is 0 Å². The average molecular weight is 426 g/mol. The lowest BCUT2D eigenvalue weighted by molar-refractivity contribution is 0.0627. The molecule has 1 aliphatic rings. The third-order valence-electron chi connectivity index (χ3n) is 4.75. The fourth-order valence-electron chi connectivity index (χ4n) is 3.11. The van der Waals surface area contributed by atoms with Gasteiger partial charge in [-0.1, -0.05) is 29.8 Å². The molecule has 1 fully saturated rings. The number of carbonyl (C=O) groups is 1. The van der Waals surface area contributed by atoms with Crippen LogP contribution >= 0.6 is 11.6 Å². The Balaban J connectivity index is 1.67. The van der Waals surface area contributed by atoms with Crippen molar-refractivity contribution >= 4 is 27.5 Å². The fourth-order valence-corrected chi connectivity index (χ4v) is 4.36. The Bertz CT molecular complexity index is 976. The number of benzene rings is 2. The number of carbonyl (C=O) groups excluding carboxylic acids is 1. The zero-order valence-electron chi connectivity index (χ0n) is 15.4. The van der Waals surface area contributed by atoms with Gasteiger partial charge in [0, 0.05) is 43.9 Å². The summed E-state index contributed by atoms with van der Waals surface area (Å²) in [5.41, 5.74) is 0.891. The Morgan fingerprint density at radius 1 is 1.14 bits per heavy atom. The molecule has 150 valence electrons. The molecule has 1 amide bonds. The molecule has 28 heavy (non-hydrogen) atoms. The van der Waals surface area contributed by atoms with E-state index >= 15 is 0 Å². The van der Waals surface area contributed by atoms with E-state index in [2.05, 4.69) is 9.62 Å². The van der Waals surface area contributed by atoms with Gasteiger partial charge in [-0.2, -0.15) is 0 Å². The number of halogens is 2. The summed E-state index contributed by atoms with van der Waals surface area (Å²) in [6.07, 6.45) is 0. The van der Waals surface area contributed by atoms with Gasteiger partial charge in [-0.25, -0.2) is 17.5 Å². The van der Waals surface area contributed by atoms with E-state index in [0.717, 1.165) is 0 Å². The number of sulfonamides is 1. The minimum Gasteiger partial charge on any atom is -0.336 e. The molecule has 0 atom stereocenters. The molecule has 3 rings (SSSR count). The van der Waals surface area contributed by atoms with Gasteiger partial charge in [-0.15, -0.1) is 0 Å². The SMILES string of the molecule is CNS(=O)(=O)c1cc(C(=O)N2CCN(Cc3ccccc3F)CC2)ccc1Cl. The van der Waals surface area contributed by atoms with Gasteiger partial charge in [0.05, 0.1) is 5.02 Å². The van der Waals surface area contributed by atoms with Crippen LogP contribution in [0.15, 0.2) is 47.4 Å². The lowest BCUT2D eigenvalue weighted by Crippen LogP contribution is -2.48. The van der Waals surface area contributed by atoms with Gasteiger partial charge in [0.15, 0.2) is 0 Å². The maximum Gasteiger partial charge on any atom is 0.253 e. The summed E-state index contributed by atoms with van der Waals surface area (Å²) in [7, 11) is -2.47. The predicted octanol–water partition coefficient (Wildman–Crippen LogP) is 2.35. The Labute approximate surface area is 168 Å². The molecule has 0 bridgehead atoms. The first-order chi connectivity index (χ1) is 13.3. The third kappa shape index (κ3) is 4.52. The molecule has 1 aliphatic heterocycles. The van der Waals surface area contributed by atoms with Gasteiger partial charge in [0.2, 0.25) is 10.0 Å². The molecule has 1 heterocycles. The summed E-state index contributed by atoms with van der Waals surface area (Å²) < 4.78 is 40.1. The van der Waals surface area contributed by atoms with Crippen molar-refractivity contribution in [1.29, 1.82) is 0 Å². The van der Waals surface area contributed by atoms with E-state index < -0.39 is 10.0 Å². The van der Waals surface area contributed by atoms with Crippen molar-refractivity contribution in [3.8, 4) is 0 Å². The van der Waals surface area contributed by atoms with Crippen molar-refractivity contribution < 1.29 is 17.6 Å². The number of piperazine rings is 1. The summed E-state index contributed by atoms with van der Waals surface area (Å²) in [5.74, 6) is -0.491. The van der Waals surface area contributed by atoms with E-state index in [-0.39, 0.29) is 27.2 Å². The number of nitrogens with zero attached hydrogens (tertiary/aromatic N) is 2. The van der Waals surface area contributed by atoms with Gasteiger partial charge >= 0.3 is 0 Å². The zero-order chi connectivity index (χ0) is 20.3. The highest BCUT2D eigenvalue weighted by Crippen LogP contribution is 2.23. The summed E-state index contributed by atoms with van der Waals surface area (Å²) in [6.45, 7) is 2.65. The number of rotatable bonds is 5. The quantitative estimate of drug-likeness (QED) is 0.798. The first kappa shape index (κ1) is 20.7. The Kier molecular flexibility index (Phi) is 6.34. The summed E-state index contributed by atoms with van der Waals surface area (Å²) in [4.78, 5) is 16.4. The molecule has 0 aliphatic carbocycles. The van der Waals surface area contributed by atoms with Crippen LogP contribution in [0.3, 0.4) is 0 Å². The van der Waals surface area contributed by atoms with E-state index in [1.54, 1.807) is 23.1 Å². The van der Waals surface area contributed by atoms with Crippen LogP contribution in [0.25, 0.3) is 0 Å². The highest BCUT2D eigenvalue weighted by molar-refractivity contribution is 7.89. The number of nitrogens with one attached hydrogen (secondary N) is 1. The number of amides is 1. The highest BCUT2D eigenvalue weighted by atomic mass is 35.5. The number of hydrogen-bond donors (Lipinski definition) is 1. The molecule has 0 unspecified atom stereocenters. The molecule has 9 heteroatoms. The minimum atomic E-state index is -3.76. The van der Waals surface area contributed by atoms with Crippen molar-refractivity contribution in [2.24, 2.45) is 0 Å². The topological polar surface area (TPSA) is 69.7 Å². The second kappa shape index (κ2) is 8.57. The molecule has 6 nitrogen and oxygen atoms in total. The second-order valence-electron chi connectivity index (χ2n) is 6.51. The van der Waals surface area contributed by atoms with Gasteiger partial charge in [-0.3, -0.25) is 9.69 Å². The van der Waals surface area contributed by atoms with Crippen LogP contribution in [0.2, 0.25) is 5.02 Å². The predicted molar refractivity (Wildman–Crippen MR) is 105 cm³/mol. The molecule has 2 aromatic rings. The average Bonchev–Trinajstić information content (AvgIpc) is 2.70. The van der Waals surface area contributed by atoms with Crippen molar-refractivity contribution in [3.05, 3.63) is 64.4 Å². The van der Waals surface area contributed by atoms with Gasteiger partial charge in [0.25, 0.3) is 5.91 Å². The highest BCUT2D eigenvalue weighted by Gasteiger charge is 2.25. The van der Waals surface area contributed by atoms with E-state index in [1.807, 2.05) is 0 Å². The maximum atomic E-state index is 13.8. The smallest absolute Gasteiger partial charge is 0.253 e. The van der Waals surface area contributed by atoms with E-state index in [0.29, 0.717) is 38.3 Å². The zero-order valence-corrected chi connectivity index (χ0v) is 16.9. The van der Waals surface area contributed by atoms with Crippen LogP contribution in [-0.2, 0) is 16.6 Å². The normalized spacial score (nSPS) is 15.6. The third-order valence-corrected chi connectivity index (χ3v) is 6.64. The summed E-state index contributed by atoms with van der Waals surface area (Å²) in [5, 5.41) is 0.0561. The van der Waals surface area contributed by atoms with Crippen LogP contribution in [0.1, 0.15) is 15.9 Å². The Hall–Kier alpha value is -2.00. The minimum absolute atomic E-state index is 0.0561. The number of hydrogen-bond acceptors (Lipinski definition) is 4. The van der Waals surface area contributed by atoms with Gasteiger partial charge < -0.3 is 4.90 Å². The maximum absolute atomic E-state index is 13.8. The molecular formula is C19H21ClFN3O3S. The molecule has 1 saturated heterocycles. The van der Waals surface area contributed by atoms with Crippen LogP contribution in [0.4, 0.5) is 4.39 Å². The van der Waals surface area contributed by atoms with Crippen LogP contribution < -0.4 is 4.72 Å². The molecule has 0 spiro atoms. The Morgan fingerprint density at radius 3 is 2.46 bits per heavy atom. The lowest BCUT2D eigenvalue weighted by atomic mass is 10.1. The fraction of sp³-hybridized carbons (Fsp3) is 0.316.